The van der Waals surface area contributed by atoms with E-state index in [1.54, 1.807) is 36.7 Å². The van der Waals surface area contributed by atoms with Crippen molar-refractivity contribution in [2.45, 2.75) is 38.2 Å². The van der Waals surface area contributed by atoms with Crippen LogP contribution in [-0.4, -0.2) is 65.4 Å². The van der Waals surface area contributed by atoms with E-state index in [9.17, 15) is 19.8 Å². The van der Waals surface area contributed by atoms with Crippen LogP contribution in [0.3, 0.4) is 0 Å². The van der Waals surface area contributed by atoms with E-state index < -0.39 is 22.9 Å². The number of benzene rings is 2. The van der Waals surface area contributed by atoms with Crippen LogP contribution >= 0.6 is 36.4 Å². The molecule has 6 rings (SSSR count). The first kappa shape index (κ1) is 34.4. The molecule has 4 aromatic rings. The summed E-state index contributed by atoms with van der Waals surface area (Å²) in [4.78, 5) is 35.5. The van der Waals surface area contributed by atoms with E-state index in [1.807, 2.05) is 26.1 Å². The van der Waals surface area contributed by atoms with Crippen molar-refractivity contribution in [1.82, 2.24) is 9.88 Å². The van der Waals surface area contributed by atoms with Crippen LogP contribution in [0.25, 0.3) is 22.3 Å². The molecule has 0 aliphatic carbocycles. The third kappa shape index (κ3) is 6.72. The number of ether oxygens (including phenoxy) is 1. The summed E-state index contributed by atoms with van der Waals surface area (Å²) >= 11 is 6.41. The van der Waals surface area contributed by atoms with Gasteiger partial charge in [-0.15, -0.1) is 24.8 Å². The van der Waals surface area contributed by atoms with Gasteiger partial charge >= 0.3 is 5.97 Å². The number of fused-ring (bicyclic) bond motifs is 1. The number of aromatic nitrogens is 1. The average Bonchev–Trinajstić information content (AvgIpc) is 2.98. The van der Waals surface area contributed by atoms with Gasteiger partial charge in [0.25, 0.3) is 0 Å². The van der Waals surface area contributed by atoms with Crippen LogP contribution in [0.4, 0.5) is 5.69 Å². The van der Waals surface area contributed by atoms with Crippen molar-refractivity contribution < 1.29 is 24.2 Å². The first-order valence-electron chi connectivity index (χ1n) is 14.5. The Morgan fingerprint density at radius 2 is 1.73 bits per heavy atom. The number of piperidine rings is 2. The largest absolute Gasteiger partial charge is 0.507 e. The number of halogens is 3. The topological polar surface area (TPSA) is 116 Å². The smallest absolute Gasteiger partial charge is 0.312 e. The van der Waals surface area contributed by atoms with E-state index in [1.165, 1.54) is 6.07 Å². The molecule has 0 saturated carbocycles. The van der Waals surface area contributed by atoms with Gasteiger partial charge in [-0.25, -0.2) is 0 Å². The van der Waals surface area contributed by atoms with Gasteiger partial charge < -0.3 is 29.2 Å². The number of nitrogens with zero attached hydrogens (tertiary/aromatic N) is 3. The van der Waals surface area contributed by atoms with Crippen LogP contribution in [0.2, 0.25) is 5.02 Å². The van der Waals surface area contributed by atoms with Crippen LogP contribution in [-0.2, 0) is 9.53 Å². The van der Waals surface area contributed by atoms with Crippen molar-refractivity contribution in [3.05, 3.63) is 81.7 Å². The Balaban J connectivity index is 0.00000230. The zero-order valence-electron chi connectivity index (χ0n) is 24.9. The molecule has 4 heterocycles. The summed E-state index contributed by atoms with van der Waals surface area (Å²) < 4.78 is 12.5. The molecule has 2 aromatic heterocycles. The highest BCUT2D eigenvalue weighted by Gasteiger charge is 2.43. The van der Waals surface area contributed by atoms with Gasteiger partial charge in [0.05, 0.1) is 10.4 Å². The lowest BCUT2D eigenvalue weighted by Gasteiger charge is -2.41. The van der Waals surface area contributed by atoms with Crippen LogP contribution in [0.15, 0.2) is 70.1 Å². The van der Waals surface area contributed by atoms with Gasteiger partial charge in [-0.3, -0.25) is 14.6 Å². The minimum absolute atomic E-state index is 0. The first-order valence-corrected chi connectivity index (χ1v) is 14.8. The molecule has 0 bridgehead atoms. The van der Waals surface area contributed by atoms with Gasteiger partial charge in [0.2, 0.25) is 0 Å². The van der Waals surface area contributed by atoms with Gasteiger partial charge in [-0.05, 0) is 64.0 Å². The number of carbonyl (C=O) groups excluding carboxylic acids is 1. The van der Waals surface area contributed by atoms with Crippen molar-refractivity contribution >= 4 is 59.0 Å². The van der Waals surface area contributed by atoms with Crippen molar-refractivity contribution in [2.75, 3.05) is 38.1 Å². The fraction of sp³-hybridized carbons (Fsp3) is 0.364. The van der Waals surface area contributed by atoms with E-state index in [-0.39, 0.29) is 59.0 Å². The lowest BCUT2D eigenvalue weighted by atomic mass is 9.79. The normalized spacial score (nSPS) is 19.8. The molecule has 2 aromatic carbocycles. The molecule has 2 fully saturated rings. The number of likely N-dealkylation sites (tertiary alicyclic amines) is 1. The second-order valence-corrected chi connectivity index (χ2v) is 12.2. The van der Waals surface area contributed by atoms with Crippen molar-refractivity contribution in [2.24, 2.45) is 5.41 Å². The number of hydrogen-bond donors (Lipinski definition) is 2. The number of esters is 1. The summed E-state index contributed by atoms with van der Waals surface area (Å²) in [6, 6.07) is 13.4. The highest BCUT2D eigenvalue weighted by Crippen LogP contribution is 2.44. The van der Waals surface area contributed by atoms with E-state index in [4.69, 9.17) is 20.8 Å². The van der Waals surface area contributed by atoms with Gasteiger partial charge in [0.1, 0.15) is 34.3 Å². The molecule has 12 heteroatoms. The molecule has 2 aliphatic rings. The average molecular weight is 677 g/mol. The Morgan fingerprint density at radius 3 is 2.42 bits per heavy atom. The quantitative estimate of drug-likeness (QED) is 0.232. The molecule has 9 nitrogen and oxygen atoms in total. The van der Waals surface area contributed by atoms with Crippen molar-refractivity contribution in [3.63, 3.8) is 0 Å². The number of hydrogen-bond acceptors (Lipinski definition) is 9. The van der Waals surface area contributed by atoms with Gasteiger partial charge in [-0.2, -0.15) is 0 Å². The third-order valence-electron chi connectivity index (χ3n) is 8.92. The standard InChI is InChI=1S/C33H34ClN3O6.2ClH/c1-33(10-15-37(16-11-33)20-7-12-35-13-8-20)32(41)43-28-19-36(2)14-9-22(28)29-24(38)17-25(39)30-26(40)18-27(42-31(29)30)21-5-3-4-6-23(21)34;;/h3-8,12-13,17-18,22,28,38-39H,9-11,14-16,19H2,1-2H3;2*1H/t22-,28+;;/m0../s1. The highest BCUT2D eigenvalue weighted by atomic mass is 35.5. The summed E-state index contributed by atoms with van der Waals surface area (Å²) in [5.74, 6) is -1.16. The number of rotatable bonds is 5. The molecule has 2 N–H and O–H groups in total. The monoisotopic (exact) mass is 675 g/mol. The Morgan fingerprint density at radius 1 is 1.04 bits per heavy atom. The number of phenols is 2. The molecule has 0 spiro atoms. The summed E-state index contributed by atoms with van der Waals surface area (Å²) in [6.07, 6.45) is 4.71. The minimum atomic E-state index is -0.674. The maximum absolute atomic E-state index is 13.8. The second kappa shape index (κ2) is 13.9. The van der Waals surface area contributed by atoms with Crippen LogP contribution < -0.4 is 10.3 Å². The maximum Gasteiger partial charge on any atom is 0.312 e. The summed E-state index contributed by atoms with van der Waals surface area (Å²) in [5, 5.41) is 22.2. The number of anilines is 1. The number of pyridine rings is 1. The Bertz CT molecular complexity index is 1730. The highest BCUT2D eigenvalue weighted by molar-refractivity contribution is 6.33. The molecular weight excluding hydrogens is 641 g/mol. The molecule has 0 radical (unpaired) electrons. The van der Waals surface area contributed by atoms with Crippen LogP contribution in [0, 0.1) is 5.41 Å². The zero-order valence-corrected chi connectivity index (χ0v) is 27.3. The lowest BCUT2D eigenvalue weighted by molar-refractivity contribution is -0.165. The molecule has 0 unspecified atom stereocenters. The van der Waals surface area contributed by atoms with E-state index in [0.29, 0.717) is 61.6 Å². The Labute approximate surface area is 278 Å². The number of phenolic OH excluding ortho intramolecular Hbond substituents is 2. The zero-order chi connectivity index (χ0) is 30.3. The molecule has 2 atom stereocenters. The van der Waals surface area contributed by atoms with Gasteiger partial charge in [0, 0.05) is 66.9 Å². The fourth-order valence-electron chi connectivity index (χ4n) is 6.29. The first-order chi connectivity index (χ1) is 20.6. The molecule has 0 amide bonds. The molecular formula is C33H36Cl3N3O6. The number of likely N-dealkylation sites (N-methyl/N-ethyl adjacent to an activating group) is 1. The van der Waals surface area contributed by atoms with Crippen LogP contribution in [0.1, 0.15) is 37.7 Å². The predicted molar refractivity (Wildman–Crippen MR) is 179 cm³/mol. The second-order valence-electron chi connectivity index (χ2n) is 11.8. The molecule has 45 heavy (non-hydrogen) atoms. The van der Waals surface area contributed by atoms with Crippen LogP contribution in [0.5, 0.6) is 11.5 Å². The maximum atomic E-state index is 13.8. The van der Waals surface area contributed by atoms with Crippen molar-refractivity contribution in [3.8, 4) is 22.8 Å². The Hall–Kier alpha value is -3.50. The van der Waals surface area contributed by atoms with E-state index in [2.05, 4.69) is 14.8 Å². The molecule has 2 aliphatic heterocycles. The van der Waals surface area contributed by atoms with Crippen molar-refractivity contribution in [1.29, 1.82) is 0 Å². The predicted octanol–water partition coefficient (Wildman–Crippen LogP) is 6.40. The fourth-order valence-corrected chi connectivity index (χ4v) is 6.52. The van der Waals surface area contributed by atoms with E-state index >= 15 is 0 Å². The van der Waals surface area contributed by atoms with Gasteiger partial charge in [-0.1, -0.05) is 23.7 Å². The summed E-state index contributed by atoms with van der Waals surface area (Å²) in [6.45, 7) is 4.48. The summed E-state index contributed by atoms with van der Waals surface area (Å²) in [5.41, 5.74) is 0.841. The van der Waals surface area contributed by atoms with E-state index in [0.717, 1.165) is 11.8 Å². The lowest BCUT2D eigenvalue weighted by Crippen LogP contribution is -2.48. The molecule has 2 saturated heterocycles. The Kier molecular flexibility index (Phi) is 10.6. The SMILES string of the molecule is CN1CC[C@H](c2c(O)cc(O)c3c(=O)cc(-c4ccccc4Cl)oc23)[C@H](OC(=O)C2(C)CCN(c3ccncc3)CC2)C1.Cl.Cl. The third-order valence-corrected chi connectivity index (χ3v) is 9.25. The van der Waals surface area contributed by atoms with Gasteiger partial charge in [0.15, 0.2) is 5.43 Å². The number of aromatic hydroxyl groups is 2. The minimum Gasteiger partial charge on any atom is -0.507 e. The molecule has 240 valence electrons. The number of carbonyl (C=O) groups is 1. The summed E-state index contributed by atoms with van der Waals surface area (Å²) in [7, 11) is 1.95.